The van der Waals surface area contributed by atoms with E-state index < -0.39 is 0 Å². The van der Waals surface area contributed by atoms with Gasteiger partial charge in [0.2, 0.25) is 0 Å². The van der Waals surface area contributed by atoms with E-state index in [0.29, 0.717) is 68.9 Å². The minimum atomic E-state index is 0.406. The lowest BCUT2D eigenvalue weighted by atomic mass is 9.87. The van der Waals surface area contributed by atoms with E-state index in [1.165, 1.54) is 0 Å². The van der Waals surface area contributed by atoms with Crippen molar-refractivity contribution in [1.29, 1.82) is 0 Å². The number of rotatable bonds is 4. The summed E-state index contributed by atoms with van der Waals surface area (Å²) < 4.78 is 0. The molecule has 4 rings (SSSR count). The molecule has 4 heteroatoms. The van der Waals surface area contributed by atoms with Crippen LogP contribution in [-0.4, -0.2) is 25.1 Å². The minimum absolute atomic E-state index is 0.406. The van der Waals surface area contributed by atoms with Crippen LogP contribution < -0.4 is 0 Å². The fourth-order valence-corrected chi connectivity index (χ4v) is 3.49. The van der Waals surface area contributed by atoms with Crippen LogP contribution in [0.3, 0.4) is 0 Å². The summed E-state index contributed by atoms with van der Waals surface area (Å²) in [5, 5.41) is 4.24. The summed E-state index contributed by atoms with van der Waals surface area (Å²) in [6.45, 7) is 0. The van der Waals surface area contributed by atoms with Crippen LogP contribution in [0.4, 0.5) is 0 Å². The SMILES string of the molecule is O=Cc1cc(C=O)c2ccc3c(C=O)cc(C=O)c4ccc1c2c43. The number of carbonyl (C=O) groups is 4. The third-order valence-corrected chi connectivity index (χ3v) is 4.53. The van der Waals surface area contributed by atoms with Crippen molar-refractivity contribution in [3.8, 4) is 0 Å². The quantitative estimate of drug-likeness (QED) is 0.424. The molecule has 0 saturated carbocycles. The van der Waals surface area contributed by atoms with E-state index in [-0.39, 0.29) is 0 Å². The van der Waals surface area contributed by atoms with E-state index in [1.807, 2.05) is 0 Å². The molecule has 0 bridgehead atoms. The zero-order valence-electron chi connectivity index (χ0n) is 12.4. The molecule has 4 nitrogen and oxygen atoms in total. The van der Waals surface area contributed by atoms with Crippen molar-refractivity contribution in [3.63, 3.8) is 0 Å². The Balaban J connectivity index is 2.43. The number of carbonyl (C=O) groups excluding carboxylic acids is 4. The summed E-state index contributed by atoms with van der Waals surface area (Å²) in [6, 6.07) is 10.2. The zero-order valence-corrected chi connectivity index (χ0v) is 12.4. The molecule has 24 heavy (non-hydrogen) atoms. The van der Waals surface area contributed by atoms with Gasteiger partial charge in [-0.3, -0.25) is 19.2 Å². The van der Waals surface area contributed by atoms with Crippen molar-refractivity contribution in [2.75, 3.05) is 0 Å². The molecule has 0 amide bonds. The molecular formula is C20H10O4. The minimum Gasteiger partial charge on any atom is -0.298 e. The lowest BCUT2D eigenvalue weighted by Gasteiger charge is -2.15. The van der Waals surface area contributed by atoms with Crippen LogP contribution in [0.1, 0.15) is 41.4 Å². The second kappa shape index (κ2) is 5.06. The molecule has 4 aromatic carbocycles. The van der Waals surface area contributed by atoms with Crippen LogP contribution in [-0.2, 0) is 0 Å². The first-order valence-electron chi connectivity index (χ1n) is 7.32. The van der Waals surface area contributed by atoms with Gasteiger partial charge in [-0.2, -0.15) is 0 Å². The number of aldehydes is 4. The molecule has 0 fully saturated rings. The third kappa shape index (κ3) is 1.68. The highest BCUT2D eigenvalue weighted by Crippen LogP contribution is 2.39. The highest BCUT2D eigenvalue weighted by atomic mass is 16.1. The van der Waals surface area contributed by atoms with Crippen LogP contribution in [0.2, 0.25) is 0 Å². The maximum absolute atomic E-state index is 11.4. The Morgan fingerprint density at radius 2 is 0.708 bits per heavy atom. The molecule has 0 aliphatic rings. The van der Waals surface area contributed by atoms with E-state index in [2.05, 4.69) is 0 Å². The van der Waals surface area contributed by atoms with Crippen LogP contribution in [0, 0.1) is 0 Å². The molecule has 0 N–H and O–H groups in total. The maximum Gasteiger partial charge on any atom is 0.150 e. The van der Waals surface area contributed by atoms with E-state index >= 15 is 0 Å². The van der Waals surface area contributed by atoms with Crippen molar-refractivity contribution in [2.24, 2.45) is 0 Å². The van der Waals surface area contributed by atoms with Gasteiger partial charge < -0.3 is 0 Å². The Morgan fingerprint density at radius 3 is 0.917 bits per heavy atom. The Labute approximate surface area is 136 Å². The van der Waals surface area contributed by atoms with E-state index in [0.717, 1.165) is 10.8 Å². The van der Waals surface area contributed by atoms with Gasteiger partial charge in [0, 0.05) is 22.3 Å². The Kier molecular flexibility index (Phi) is 3.00. The van der Waals surface area contributed by atoms with Crippen molar-refractivity contribution >= 4 is 57.5 Å². The van der Waals surface area contributed by atoms with Crippen LogP contribution in [0.25, 0.3) is 32.3 Å². The second-order valence-electron chi connectivity index (χ2n) is 5.65. The molecule has 0 spiro atoms. The fourth-order valence-electron chi connectivity index (χ4n) is 3.49. The summed E-state index contributed by atoms with van der Waals surface area (Å²) in [6.07, 6.45) is 2.83. The lowest BCUT2D eigenvalue weighted by Crippen LogP contribution is -1.97. The predicted molar refractivity (Wildman–Crippen MR) is 91.7 cm³/mol. The topological polar surface area (TPSA) is 68.3 Å². The molecule has 0 radical (unpaired) electrons. The highest BCUT2D eigenvalue weighted by Gasteiger charge is 2.17. The molecule has 4 aromatic rings. The summed E-state index contributed by atoms with van der Waals surface area (Å²) in [4.78, 5) is 45.8. The van der Waals surface area contributed by atoms with Crippen molar-refractivity contribution < 1.29 is 19.2 Å². The average molecular weight is 314 g/mol. The molecule has 0 aliphatic carbocycles. The summed E-state index contributed by atoms with van der Waals surface area (Å²) in [5.41, 5.74) is 1.62. The molecule has 114 valence electrons. The lowest BCUT2D eigenvalue weighted by molar-refractivity contribution is 0.111. The molecule has 0 aliphatic heterocycles. The molecule has 0 aromatic heterocycles. The second-order valence-corrected chi connectivity index (χ2v) is 5.65. The molecular weight excluding hydrogens is 304 g/mol. The van der Waals surface area contributed by atoms with Crippen LogP contribution >= 0.6 is 0 Å². The van der Waals surface area contributed by atoms with Crippen LogP contribution in [0.5, 0.6) is 0 Å². The molecule has 0 unspecified atom stereocenters. The van der Waals surface area contributed by atoms with Gasteiger partial charge in [0.05, 0.1) is 0 Å². The predicted octanol–water partition coefficient (Wildman–Crippen LogP) is 3.83. The van der Waals surface area contributed by atoms with Gasteiger partial charge >= 0.3 is 0 Å². The van der Waals surface area contributed by atoms with Gasteiger partial charge in [0.15, 0.2) is 25.1 Å². The molecule has 0 atom stereocenters. The van der Waals surface area contributed by atoms with Gasteiger partial charge in [0.25, 0.3) is 0 Å². The monoisotopic (exact) mass is 314 g/mol. The summed E-state index contributed by atoms with van der Waals surface area (Å²) in [7, 11) is 0. The molecule has 0 saturated heterocycles. The van der Waals surface area contributed by atoms with Gasteiger partial charge in [0.1, 0.15) is 0 Å². The smallest absolute Gasteiger partial charge is 0.150 e. The Morgan fingerprint density at radius 1 is 0.458 bits per heavy atom. The van der Waals surface area contributed by atoms with E-state index in [1.54, 1.807) is 36.4 Å². The highest BCUT2D eigenvalue weighted by molar-refractivity contribution is 6.30. The number of hydrogen-bond donors (Lipinski definition) is 0. The maximum atomic E-state index is 11.4. The Bertz CT molecular complexity index is 993. The van der Waals surface area contributed by atoms with Gasteiger partial charge in [-0.1, -0.05) is 24.3 Å². The number of hydrogen-bond acceptors (Lipinski definition) is 4. The van der Waals surface area contributed by atoms with Gasteiger partial charge in [-0.05, 0) is 44.5 Å². The number of benzene rings is 4. The van der Waals surface area contributed by atoms with Crippen molar-refractivity contribution in [3.05, 3.63) is 58.7 Å². The first-order chi connectivity index (χ1) is 11.7. The first kappa shape index (κ1) is 14.2. The zero-order chi connectivity index (χ0) is 16.8. The summed E-state index contributed by atoms with van der Waals surface area (Å²) >= 11 is 0. The van der Waals surface area contributed by atoms with Gasteiger partial charge in [-0.15, -0.1) is 0 Å². The van der Waals surface area contributed by atoms with Crippen molar-refractivity contribution in [2.45, 2.75) is 0 Å². The normalized spacial score (nSPS) is 11.2. The van der Waals surface area contributed by atoms with Crippen LogP contribution in [0.15, 0.2) is 36.4 Å². The molecule has 0 heterocycles. The standard InChI is InChI=1S/C20H10O4/c21-7-11-5-13(9-23)17-3-4-18-14(10-24)6-12(8-22)16-2-1-15(11)19(17)20(16)18/h1-10H. The largest absolute Gasteiger partial charge is 0.298 e. The first-order valence-corrected chi connectivity index (χ1v) is 7.32. The third-order valence-electron chi connectivity index (χ3n) is 4.53. The van der Waals surface area contributed by atoms with E-state index in [9.17, 15) is 19.2 Å². The van der Waals surface area contributed by atoms with E-state index in [4.69, 9.17) is 0 Å². The fraction of sp³-hybridized carbons (Fsp3) is 0. The average Bonchev–Trinajstić information content (AvgIpc) is 2.64. The summed E-state index contributed by atoms with van der Waals surface area (Å²) in [5.74, 6) is 0. The van der Waals surface area contributed by atoms with Crippen molar-refractivity contribution in [1.82, 2.24) is 0 Å². The Hall–Kier alpha value is -3.40. The van der Waals surface area contributed by atoms with Gasteiger partial charge in [-0.25, -0.2) is 0 Å².